The number of nitrogens with zero attached hydrogens (tertiary/aromatic N) is 2. The molecule has 9 heteroatoms. The van der Waals surface area contributed by atoms with Gasteiger partial charge in [0.25, 0.3) is 0 Å². The zero-order valence-corrected chi connectivity index (χ0v) is 13.0. The Hall–Kier alpha value is -1.58. The van der Waals surface area contributed by atoms with Crippen molar-refractivity contribution in [2.24, 2.45) is 5.73 Å². The highest BCUT2D eigenvalue weighted by Gasteiger charge is 2.17. The number of hydrogen-bond acceptors (Lipinski definition) is 6. The second kappa shape index (κ2) is 5.81. The highest BCUT2D eigenvalue weighted by atomic mass is 32.2. The minimum atomic E-state index is -3.59. The van der Waals surface area contributed by atoms with Crippen LogP contribution in [-0.2, 0) is 15.8 Å². The summed E-state index contributed by atoms with van der Waals surface area (Å²) in [6, 6.07) is 6.87. The number of thiocarbonyl (C=S) groups is 1. The fourth-order valence-electron chi connectivity index (χ4n) is 1.60. The maximum Gasteiger partial charge on any atom is 0.238 e. The van der Waals surface area contributed by atoms with Gasteiger partial charge in [0.15, 0.2) is 0 Å². The highest BCUT2D eigenvalue weighted by Crippen LogP contribution is 2.17. The normalized spacial score (nSPS) is 11.2. The summed E-state index contributed by atoms with van der Waals surface area (Å²) < 4.78 is 30.5. The first kappa shape index (κ1) is 14.8. The zero-order chi connectivity index (χ0) is 14.8. The second-order valence-electron chi connectivity index (χ2n) is 4.03. The van der Waals surface area contributed by atoms with Crippen LogP contribution in [0.15, 0.2) is 24.3 Å². The van der Waals surface area contributed by atoms with Gasteiger partial charge in [0.1, 0.15) is 10.8 Å². The molecule has 0 aliphatic heterocycles. The summed E-state index contributed by atoms with van der Waals surface area (Å²) in [7, 11) is -3.59. The molecule has 0 bridgehead atoms. The van der Waals surface area contributed by atoms with Crippen LogP contribution >= 0.6 is 23.8 Å². The Balaban J connectivity index is 2.22. The number of aromatic nitrogens is 2. The first-order chi connectivity index (χ1) is 9.37. The molecule has 20 heavy (non-hydrogen) atoms. The molecule has 106 valence electrons. The molecule has 0 aliphatic carbocycles. The Morgan fingerprint density at radius 2 is 2.15 bits per heavy atom. The summed E-state index contributed by atoms with van der Waals surface area (Å²) in [6.07, 6.45) is 0. The van der Waals surface area contributed by atoms with Crippen LogP contribution in [0.2, 0.25) is 0 Å². The molecule has 2 rings (SSSR count). The Labute approximate surface area is 126 Å². The van der Waals surface area contributed by atoms with E-state index in [2.05, 4.69) is 14.1 Å². The van der Waals surface area contributed by atoms with Gasteiger partial charge >= 0.3 is 0 Å². The summed E-state index contributed by atoms with van der Waals surface area (Å²) >= 11 is 5.91. The van der Waals surface area contributed by atoms with Crippen molar-refractivity contribution in [2.45, 2.75) is 12.7 Å². The van der Waals surface area contributed by atoms with Crippen molar-refractivity contribution in [3.8, 4) is 0 Å². The van der Waals surface area contributed by atoms with Gasteiger partial charge in [-0.05, 0) is 12.5 Å². The maximum absolute atomic E-state index is 12.1. The molecule has 6 nitrogen and oxygen atoms in total. The van der Waals surface area contributed by atoms with Crippen LogP contribution in [0.5, 0.6) is 0 Å². The van der Waals surface area contributed by atoms with E-state index in [9.17, 15) is 8.42 Å². The first-order valence-electron chi connectivity index (χ1n) is 5.56. The van der Waals surface area contributed by atoms with Gasteiger partial charge in [0.2, 0.25) is 15.2 Å². The molecule has 0 aliphatic rings. The lowest BCUT2D eigenvalue weighted by Crippen LogP contribution is -2.18. The molecule has 0 radical (unpaired) electrons. The SMILES string of the molecule is Cc1nsc(NS(=O)(=O)Cc2ccccc2C(N)=S)n1. The van der Waals surface area contributed by atoms with Gasteiger partial charge in [-0.2, -0.15) is 4.37 Å². The Bertz CT molecular complexity index is 740. The van der Waals surface area contributed by atoms with Crippen LogP contribution in [0.25, 0.3) is 0 Å². The minimum absolute atomic E-state index is 0.169. The number of nitrogens with two attached hydrogens (primary N) is 1. The van der Waals surface area contributed by atoms with Crippen molar-refractivity contribution in [3.63, 3.8) is 0 Å². The Morgan fingerprint density at radius 1 is 1.45 bits per heavy atom. The van der Waals surface area contributed by atoms with Gasteiger partial charge in [0, 0.05) is 17.1 Å². The second-order valence-corrected chi connectivity index (χ2v) is 6.94. The summed E-state index contributed by atoms with van der Waals surface area (Å²) in [5, 5.41) is 0.246. The molecular formula is C11H12N4O2S3. The van der Waals surface area contributed by atoms with Crippen molar-refractivity contribution >= 4 is 43.9 Å². The van der Waals surface area contributed by atoms with Crippen molar-refractivity contribution < 1.29 is 8.42 Å². The van der Waals surface area contributed by atoms with Crippen molar-refractivity contribution in [1.82, 2.24) is 9.36 Å². The van der Waals surface area contributed by atoms with E-state index in [1.807, 2.05) is 0 Å². The lowest BCUT2D eigenvalue weighted by molar-refractivity contribution is 0.600. The molecule has 0 atom stereocenters. The minimum Gasteiger partial charge on any atom is -0.389 e. The molecule has 0 saturated carbocycles. The average molecular weight is 328 g/mol. The van der Waals surface area contributed by atoms with Gasteiger partial charge in [0.05, 0.1) is 5.75 Å². The number of benzene rings is 1. The third-order valence-corrected chi connectivity index (χ3v) is 4.67. The molecule has 0 amide bonds. The lowest BCUT2D eigenvalue weighted by atomic mass is 10.1. The van der Waals surface area contributed by atoms with Crippen LogP contribution in [0, 0.1) is 6.92 Å². The van der Waals surface area contributed by atoms with Gasteiger partial charge in [-0.3, -0.25) is 4.72 Å². The Kier molecular flexibility index (Phi) is 4.31. The number of hydrogen-bond donors (Lipinski definition) is 2. The van der Waals surface area contributed by atoms with E-state index in [-0.39, 0.29) is 15.9 Å². The summed E-state index contributed by atoms with van der Waals surface area (Å²) in [5.41, 5.74) is 6.69. The van der Waals surface area contributed by atoms with Gasteiger partial charge in [-0.25, -0.2) is 13.4 Å². The molecule has 0 spiro atoms. The first-order valence-corrected chi connectivity index (χ1v) is 8.39. The molecule has 3 N–H and O–H groups in total. The van der Waals surface area contributed by atoms with E-state index >= 15 is 0 Å². The fraction of sp³-hybridized carbons (Fsp3) is 0.182. The highest BCUT2D eigenvalue weighted by molar-refractivity contribution is 7.92. The summed E-state index contributed by atoms with van der Waals surface area (Å²) in [4.78, 5) is 4.13. The third kappa shape index (κ3) is 3.71. The topological polar surface area (TPSA) is 98.0 Å². The van der Waals surface area contributed by atoms with Crippen LogP contribution in [-0.4, -0.2) is 22.8 Å². The number of nitrogens with one attached hydrogen (secondary N) is 1. The van der Waals surface area contributed by atoms with Crippen LogP contribution in [0.3, 0.4) is 0 Å². The maximum atomic E-state index is 12.1. The van der Waals surface area contributed by atoms with Crippen molar-refractivity contribution in [1.29, 1.82) is 0 Å². The lowest BCUT2D eigenvalue weighted by Gasteiger charge is -2.09. The van der Waals surface area contributed by atoms with Crippen LogP contribution < -0.4 is 10.5 Å². The van der Waals surface area contributed by atoms with E-state index in [0.29, 0.717) is 17.0 Å². The Morgan fingerprint density at radius 3 is 2.75 bits per heavy atom. The number of rotatable bonds is 5. The number of anilines is 1. The fourth-order valence-corrected chi connectivity index (χ4v) is 3.81. The molecule has 2 aromatic rings. The number of aryl methyl sites for hydroxylation is 1. The quantitative estimate of drug-likeness (QED) is 0.806. The molecular weight excluding hydrogens is 316 g/mol. The van der Waals surface area contributed by atoms with E-state index in [4.69, 9.17) is 18.0 Å². The van der Waals surface area contributed by atoms with E-state index in [1.165, 1.54) is 0 Å². The summed E-state index contributed by atoms with van der Waals surface area (Å²) in [6.45, 7) is 1.69. The molecule has 1 aromatic carbocycles. The molecule has 1 heterocycles. The standard InChI is InChI=1S/C11H12N4O2S3/c1-7-13-11(19-14-7)15-20(16,17)6-8-4-2-3-5-9(8)10(12)18/h2-5H,6H2,1H3,(H2,12,18)(H,13,14,15). The monoisotopic (exact) mass is 328 g/mol. The van der Waals surface area contributed by atoms with Gasteiger partial charge in [-0.15, -0.1) is 0 Å². The van der Waals surface area contributed by atoms with Crippen molar-refractivity contribution in [2.75, 3.05) is 4.72 Å². The van der Waals surface area contributed by atoms with Crippen LogP contribution in [0.1, 0.15) is 17.0 Å². The smallest absolute Gasteiger partial charge is 0.238 e. The largest absolute Gasteiger partial charge is 0.389 e. The average Bonchev–Trinajstić information content (AvgIpc) is 2.73. The van der Waals surface area contributed by atoms with Gasteiger partial charge < -0.3 is 5.73 Å². The van der Waals surface area contributed by atoms with Crippen molar-refractivity contribution in [3.05, 3.63) is 41.2 Å². The number of sulfonamides is 1. The predicted octanol–water partition coefficient (Wildman–Crippen LogP) is 1.42. The van der Waals surface area contributed by atoms with Crippen LogP contribution in [0.4, 0.5) is 5.13 Å². The van der Waals surface area contributed by atoms with E-state index in [0.717, 1.165) is 11.5 Å². The van der Waals surface area contributed by atoms with E-state index in [1.54, 1.807) is 31.2 Å². The zero-order valence-electron chi connectivity index (χ0n) is 10.5. The molecule has 0 fully saturated rings. The van der Waals surface area contributed by atoms with E-state index < -0.39 is 10.0 Å². The third-order valence-electron chi connectivity index (χ3n) is 2.40. The molecule has 0 saturated heterocycles. The van der Waals surface area contributed by atoms with Gasteiger partial charge in [-0.1, -0.05) is 36.5 Å². The molecule has 0 unspecified atom stereocenters. The summed E-state index contributed by atoms with van der Waals surface area (Å²) in [5.74, 6) is 0.301. The predicted molar refractivity (Wildman–Crippen MR) is 83.2 cm³/mol. The molecule has 1 aromatic heterocycles.